The minimum absolute atomic E-state index is 0. The second kappa shape index (κ2) is 10.0. The van der Waals surface area contributed by atoms with Crippen LogP contribution in [0.1, 0.15) is 10.4 Å². The first-order valence-electron chi connectivity index (χ1n) is 7.07. The van der Waals surface area contributed by atoms with Gasteiger partial charge in [-0.3, -0.25) is 14.6 Å². The molecule has 0 unspecified atom stereocenters. The molecule has 0 bridgehead atoms. The average molecular weight is 389 g/mol. The molecular formula is C17H14NNa2O5P+2. The van der Waals surface area contributed by atoms with Crippen LogP contribution in [0, 0.1) is 0 Å². The van der Waals surface area contributed by atoms with Crippen molar-refractivity contribution < 1.29 is 82.8 Å². The van der Waals surface area contributed by atoms with Crippen LogP contribution in [0.5, 0.6) is 5.75 Å². The van der Waals surface area contributed by atoms with Gasteiger partial charge < -0.3 is 9.84 Å². The summed E-state index contributed by atoms with van der Waals surface area (Å²) in [6.07, 6.45) is 0. The van der Waals surface area contributed by atoms with E-state index in [1.807, 2.05) is 12.1 Å². The standard InChI is InChI=1S/C17H14NO5P.2Na/c19-17(18-14-8-2-1-3-9-14)15-10-12-6-4-5-7-13(12)11-16(15)23-24(20,21)22;;/h1-11H,(H,18,19)(H2,20,21,22);;/q;2*+1. The predicted molar refractivity (Wildman–Crippen MR) is 91.0 cm³/mol. The second-order valence-corrected chi connectivity index (χ2v) is 6.26. The minimum atomic E-state index is -4.79. The number of phosphoric ester groups is 1. The summed E-state index contributed by atoms with van der Waals surface area (Å²) in [5.74, 6) is -0.689. The van der Waals surface area contributed by atoms with Crippen molar-refractivity contribution in [1.29, 1.82) is 0 Å². The van der Waals surface area contributed by atoms with Crippen LogP contribution < -0.4 is 69.0 Å². The van der Waals surface area contributed by atoms with Crippen LogP contribution in [-0.4, -0.2) is 15.7 Å². The van der Waals surface area contributed by atoms with Crippen molar-refractivity contribution in [3.63, 3.8) is 0 Å². The zero-order valence-electron chi connectivity index (χ0n) is 14.4. The number of nitrogens with one attached hydrogen (secondary N) is 1. The van der Waals surface area contributed by atoms with Crippen LogP contribution in [-0.2, 0) is 4.57 Å². The third-order valence-corrected chi connectivity index (χ3v) is 3.78. The molecule has 6 nitrogen and oxygen atoms in total. The quantitative estimate of drug-likeness (QED) is 0.341. The summed E-state index contributed by atoms with van der Waals surface area (Å²) in [4.78, 5) is 30.7. The number of hydrogen-bond acceptors (Lipinski definition) is 3. The van der Waals surface area contributed by atoms with Crippen molar-refractivity contribution in [3.05, 3.63) is 72.3 Å². The van der Waals surface area contributed by atoms with Crippen LogP contribution in [0.4, 0.5) is 5.69 Å². The molecule has 3 rings (SSSR count). The smallest absolute Gasteiger partial charge is 0.403 e. The normalized spacial score (nSPS) is 10.4. The molecule has 0 aliphatic carbocycles. The van der Waals surface area contributed by atoms with E-state index in [1.54, 1.807) is 48.5 Å². The largest absolute Gasteiger partial charge is 1.00 e. The number of para-hydroxylation sites is 1. The van der Waals surface area contributed by atoms with Gasteiger partial charge in [-0.05, 0) is 35.0 Å². The van der Waals surface area contributed by atoms with Gasteiger partial charge in [-0.15, -0.1) is 0 Å². The Morgan fingerprint density at radius 3 is 2.00 bits per heavy atom. The maximum Gasteiger partial charge on any atom is 1.00 e. The Balaban J connectivity index is 0.00000169. The molecule has 3 aromatic carbocycles. The Morgan fingerprint density at radius 2 is 1.42 bits per heavy atom. The van der Waals surface area contributed by atoms with Crippen molar-refractivity contribution in [3.8, 4) is 5.75 Å². The SMILES string of the molecule is O=C(Nc1ccccc1)c1cc2ccccc2cc1OP(=O)(O)O.[Na+].[Na+]. The number of carbonyl (C=O) groups is 1. The number of fused-ring (bicyclic) bond motifs is 1. The first kappa shape index (κ1) is 23.4. The van der Waals surface area contributed by atoms with Crippen molar-refractivity contribution in [2.45, 2.75) is 0 Å². The Labute approximate surface area is 194 Å². The van der Waals surface area contributed by atoms with Gasteiger partial charge in [-0.1, -0.05) is 42.5 Å². The van der Waals surface area contributed by atoms with E-state index < -0.39 is 13.7 Å². The fraction of sp³-hybridized carbons (Fsp3) is 0. The van der Waals surface area contributed by atoms with Crippen molar-refractivity contribution in [1.82, 2.24) is 0 Å². The van der Waals surface area contributed by atoms with E-state index in [0.717, 1.165) is 5.39 Å². The average Bonchev–Trinajstić information content (AvgIpc) is 2.53. The fourth-order valence-corrected chi connectivity index (χ4v) is 2.73. The number of carbonyl (C=O) groups excluding carboxylic acids is 1. The first-order chi connectivity index (χ1) is 11.4. The zero-order valence-corrected chi connectivity index (χ0v) is 19.3. The van der Waals surface area contributed by atoms with E-state index in [1.165, 1.54) is 6.07 Å². The molecule has 0 fully saturated rings. The van der Waals surface area contributed by atoms with Gasteiger partial charge in [0.2, 0.25) is 0 Å². The summed E-state index contributed by atoms with van der Waals surface area (Å²) in [6, 6.07) is 18.9. The Kier molecular flexibility index (Phi) is 9.03. The number of phosphoric acid groups is 1. The second-order valence-electron chi connectivity index (χ2n) is 5.10. The molecule has 26 heavy (non-hydrogen) atoms. The molecule has 122 valence electrons. The van der Waals surface area contributed by atoms with Gasteiger partial charge in [-0.2, -0.15) is 0 Å². The maximum atomic E-state index is 12.5. The minimum Gasteiger partial charge on any atom is -0.403 e. The Morgan fingerprint density at radius 1 is 0.885 bits per heavy atom. The van der Waals surface area contributed by atoms with Crippen LogP contribution in [0.2, 0.25) is 0 Å². The third-order valence-electron chi connectivity index (χ3n) is 3.34. The van der Waals surface area contributed by atoms with Crippen LogP contribution in [0.25, 0.3) is 10.8 Å². The Bertz CT molecular complexity index is 946. The monoisotopic (exact) mass is 389 g/mol. The van der Waals surface area contributed by atoms with Gasteiger partial charge in [-0.25, -0.2) is 4.57 Å². The summed E-state index contributed by atoms with van der Waals surface area (Å²) < 4.78 is 15.9. The van der Waals surface area contributed by atoms with Crippen LogP contribution in [0.3, 0.4) is 0 Å². The van der Waals surface area contributed by atoms with Crippen LogP contribution >= 0.6 is 7.82 Å². The van der Waals surface area contributed by atoms with Crippen molar-refractivity contribution in [2.24, 2.45) is 0 Å². The van der Waals surface area contributed by atoms with Crippen molar-refractivity contribution in [2.75, 3.05) is 5.32 Å². The van der Waals surface area contributed by atoms with Gasteiger partial charge in [0.1, 0.15) is 5.75 Å². The van der Waals surface area contributed by atoms with Crippen molar-refractivity contribution >= 4 is 30.2 Å². The molecule has 3 aromatic rings. The van der Waals surface area contributed by atoms with Gasteiger partial charge in [0.15, 0.2) is 0 Å². The number of amides is 1. The molecule has 0 saturated heterocycles. The molecule has 0 saturated carbocycles. The zero-order chi connectivity index (χ0) is 17.2. The van der Waals surface area contributed by atoms with E-state index in [0.29, 0.717) is 11.1 Å². The molecule has 0 heterocycles. The molecular weight excluding hydrogens is 375 g/mol. The molecule has 3 N–H and O–H groups in total. The summed E-state index contributed by atoms with van der Waals surface area (Å²) in [5.41, 5.74) is 0.610. The third kappa shape index (κ3) is 6.20. The molecule has 0 atom stereocenters. The molecule has 1 amide bonds. The topological polar surface area (TPSA) is 95.9 Å². The molecule has 0 aliphatic heterocycles. The Hall–Kier alpha value is -0.660. The number of anilines is 1. The first-order valence-corrected chi connectivity index (χ1v) is 8.60. The van der Waals surface area contributed by atoms with Gasteiger partial charge >= 0.3 is 66.9 Å². The maximum absolute atomic E-state index is 12.5. The summed E-state index contributed by atoms with van der Waals surface area (Å²) in [5, 5.41) is 4.14. The summed E-state index contributed by atoms with van der Waals surface area (Å²) >= 11 is 0. The van der Waals surface area contributed by atoms with Gasteiger partial charge in [0.05, 0.1) is 5.56 Å². The van der Waals surface area contributed by atoms with Crippen LogP contribution in [0.15, 0.2) is 66.7 Å². The van der Waals surface area contributed by atoms with E-state index in [-0.39, 0.29) is 70.4 Å². The molecule has 0 aromatic heterocycles. The number of hydrogen-bond donors (Lipinski definition) is 3. The van der Waals surface area contributed by atoms with E-state index >= 15 is 0 Å². The number of rotatable bonds is 4. The van der Waals surface area contributed by atoms with Gasteiger partial charge in [0.25, 0.3) is 5.91 Å². The number of benzene rings is 3. The van der Waals surface area contributed by atoms with E-state index in [9.17, 15) is 9.36 Å². The van der Waals surface area contributed by atoms with E-state index in [4.69, 9.17) is 14.3 Å². The molecule has 0 aliphatic rings. The fourth-order valence-electron chi connectivity index (χ4n) is 2.32. The summed E-state index contributed by atoms with van der Waals surface area (Å²) in [7, 11) is -4.79. The van der Waals surface area contributed by atoms with Gasteiger partial charge in [0, 0.05) is 5.69 Å². The molecule has 0 radical (unpaired) electrons. The molecule has 0 spiro atoms. The molecule has 9 heteroatoms. The summed E-state index contributed by atoms with van der Waals surface area (Å²) in [6.45, 7) is 0. The predicted octanol–water partition coefficient (Wildman–Crippen LogP) is -2.43. The van der Waals surface area contributed by atoms with E-state index in [2.05, 4.69) is 5.32 Å².